The highest BCUT2D eigenvalue weighted by Crippen LogP contribution is 2.48. The number of hydrazine groups is 1. The molecular weight excluding hydrogens is 506 g/mol. The van der Waals surface area contributed by atoms with Gasteiger partial charge in [0, 0.05) is 25.6 Å². The lowest BCUT2D eigenvalue weighted by molar-refractivity contribution is -0.393. The normalized spacial score (nSPS) is 21.0. The third-order valence-electron chi connectivity index (χ3n) is 7.14. The van der Waals surface area contributed by atoms with Crippen LogP contribution in [0.5, 0.6) is 5.75 Å². The molecule has 2 saturated heterocycles. The van der Waals surface area contributed by atoms with Crippen LogP contribution in [0.15, 0.2) is 72.8 Å². The van der Waals surface area contributed by atoms with Crippen LogP contribution in [0.3, 0.4) is 0 Å². The zero-order chi connectivity index (χ0) is 27.5. The number of anilines is 1. The minimum Gasteiger partial charge on any atom is -0.497 e. The van der Waals surface area contributed by atoms with E-state index in [1.165, 1.54) is 17.1 Å². The molecule has 12 heteroatoms. The van der Waals surface area contributed by atoms with Gasteiger partial charge in [-0.05, 0) is 29.3 Å². The number of nitro groups is 2. The number of aliphatic hydroxyl groups is 1. The number of aliphatic hydroxyl groups excluding tert-OH is 1. The number of nitro benzene ring substituents is 2. The first-order valence-electron chi connectivity index (χ1n) is 12.6. The third kappa shape index (κ3) is 5.27. The molecule has 3 atom stereocenters. The van der Waals surface area contributed by atoms with Gasteiger partial charge in [0.2, 0.25) is 0 Å². The lowest BCUT2D eigenvalue weighted by Gasteiger charge is -2.46. The molecule has 3 unspecified atom stereocenters. The van der Waals surface area contributed by atoms with Crippen molar-refractivity contribution >= 4 is 17.1 Å². The summed E-state index contributed by atoms with van der Waals surface area (Å²) in [5.41, 5.74) is 1.03. The molecule has 0 saturated carbocycles. The summed E-state index contributed by atoms with van der Waals surface area (Å²) in [6.07, 6.45) is -1.32. The summed E-state index contributed by atoms with van der Waals surface area (Å²) >= 11 is 0. The molecule has 0 bridgehead atoms. The van der Waals surface area contributed by atoms with Crippen LogP contribution >= 0.6 is 0 Å². The van der Waals surface area contributed by atoms with Crippen LogP contribution < -0.4 is 9.75 Å². The molecule has 3 aromatic rings. The summed E-state index contributed by atoms with van der Waals surface area (Å²) in [5, 5.41) is 38.5. The van der Waals surface area contributed by atoms with Crippen molar-refractivity contribution in [3.63, 3.8) is 0 Å². The lowest BCUT2D eigenvalue weighted by atomic mass is 10.0. The highest BCUT2D eigenvalue weighted by Gasteiger charge is 2.47. The number of morpholine rings is 1. The first-order chi connectivity index (χ1) is 18.9. The van der Waals surface area contributed by atoms with E-state index in [1.54, 1.807) is 7.11 Å². The predicted molar refractivity (Wildman–Crippen MR) is 142 cm³/mol. The first kappa shape index (κ1) is 26.5. The fourth-order valence-electron chi connectivity index (χ4n) is 5.34. The van der Waals surface area contributed by atoms with E-state index >= 15 is 0 Å². The van der Waals surface area contributed by atoms with Crippen LogP contribution in [-0.2, 0) is 4.74 Å². The molecule has 5 rings (SSSR count). The van der Waals surface area contributed by atoms with E-state index in [2.05, 4.69) is 4.90 Å². The molecule has 12 nitrogen and oxygen atoms in total. The van der Waals surface area contributed by atoms with E-state index in [0.29, 0.717) is 32.1 Å². The van der Waals surface area contributed by atoms with Gasteiger partial charge in [0.1, 0.15) is 23.8 Å². The Hall–Kier alpha value is -4.10. The average Bonchev–Trinajstić information content (AvgIpc) is 3.30. The Morgan fingerprint density at radius 2 is 1.67 bits per heavy atom. The number of non-ortho nitro benzene ring substituents is 1. The van der Waals surface area contributed by atoms with Crippen LogP contribution in [0.4, 0.5) is 17.1 Å². The molecule has 0 spiro atoms. The van der Waals surface area contributed by atoms with Crippen molar-refractivity contribution < 1.29 is 24.4 Å². The zero-order valence-electron chi connectivity index (χ0n) is 21.3. The van der Waals surface area contributed by atoms with Crippen molar-refractivity contribution in [1.82, 2.24) is 9.91 Å². The van der Waals surface area contributed by atoms with Gasteiger partial charge in [0.25, 0.3) is 5.69 Å². The van der Waals surface area contributed by atoms with E-state index in [1.807, 2.05) is 59.6 Å². The maximum absolute atomic E-state index is 12.1. The molecule has 0 amide bonds. The Morgan fingerprint density at radius 1 is 0.974 bits per heavy atom. The van der Waals surface area contributed by atoms with Crippen LogP contribution in [0, 0.1) is 20.2 Å². The second-order valence-electron chi connectivity index (χ2n) is 9.35. The Kier molecular flexibility index (Phi) is 7.70. The minimum atomic E-state index is -1.13. The minimum absolute atomic E-state index is 0.0725. The van der Waals surface area contributed by atoms with Gasteiger partial charge in [-0.15, -0.1) is 0 Å². The number of hydrogen-bond donors (Lipinski definition) is 1. The van der Waals surface area contributed by atoms with Crippen molar-refractivity contribution in [2.45, 2.75) is 24.9 Å². The quantitative estimate of drug-likeness (QED) is 0.333. The summed E-state index contributed by atoms with van der Waals surface area (Å²) in [7, 11) is 1.59. The Labute approximate surface area is 224 Å². The first-order valence-corrected chi connectivity index (χ1v) is 12.6. The van der Waals surface area contributed by atoms with Gasteiger partial charge in [-0.2, -0.15) is 5.01 Å². The molecular formula is C27H29N5O7. The van der Waals surface area contributed by atoms with Gasteiger partial charge in [-0.25, -0.2) is 0 Å². The van der Waals surface area contributed by atoms with Crippen molar-refractivity contribution in [3.8, 4) is 5.75 Å². The van der Waals surface area contributed by atoms with Crippen LogP contribution in [0.25, 0.3) is 0 Å². The number of nitrogens with zero attached hydrogens (tertiary/aromatic N) is 5. The monoisotopic (exact) mass is 535 g/mol. The van der Waals surface area contributed by atoms with Gasteiger partial charge >= 0.3 is 5.69 Å². The fourth-order valence-corrected chi connectivity index (χ4v) is 5.34. The van der Waals surface area contributed by atoms with Gasteiger partial charge < -0.3 is 14.6 Å². The largest absolute Gasteiger partial charge is 0.497 e. The topological polar surface area (TPSA) is 135 Å². The summed E-state index contributed by atoms with van der Waals surface area (Å²) in [6, 6.07) is 20.4. The molecule has 39 heavy (non-hydrogen) atoms. The molecule has 2 heterocycles. The van der Waals surface area contributed by atoms with Gasteiger partial charge in [0.15, 0.2) is 0 Å². The number of rotatable bonds is 8. The zero-order valence-corrected chi connectivity index (χ0v) is 21.3. The number of hydrogen-bond acceptors (Lipinski definition) is 10. The molecule has 2 fully saturated rings. The Morgan fingerprint density at radius 3 is 2.28 bits per heavy atom. The van der Waals surface area contributed by atoms with Crippen molar-refractivity contribution in [2.75, 3.05) is 38.4 Å². The van der Waals surface area contributed by atoms with Crippen LogP contribution in [-0.4, -0.2) is 64.5 Å². The van der Waals surface area contributed by atoms with Crippen molar-refractivity contribution in [3.05, 3.63) is 104 Å². The smallest absolute Gasteiger partial charge is 0.300 e. The second kappa shape index (κ2) is 11.3. The highest BCUT2D eigenvalue weighted by molar-refractivity contribution is 5.67. The molecule has 2 aliphatic rings. The summed E-state index contributed by atoms with van der Waals surface area (Å²) in [5.74, 6) is 0.684. The highest BCUT2D eigenvalue weighted by atomic mass is 16.6. The van der Waals surface area contributed by atoms with E-state index in [0.717, 1.165) is 17.2 Å². The lowest BCUT2D eigenvalue weighted by Crippen LogP contribution is -2.52. The van der Waals surface area contributed by atoms with E-state index in [4.69, 9.17) is 9.47 Å². The van der Waals surface area contributed by atoms with E-state index in [9.17, 15) is 25.3 Å². The van der Waals surface area contributed by atoms with Gasteiger partial charge in [-0.1, -0.05) is 42.5 Å². The summed E-state index contributed by atoms with van der Waals surface area (Å²) in [4.78, 5) is 24.4. The maximum atomic E-state index is 12.1. The molecule has 0 radical (unpaired) electrons. The standard InChI is InChI=1S/C27H29N5O7/c1-38-22-10-7-20(8-11-22)27(28-13-15-39-16-14-28)30-24(19-5-3-2-4-6-19)18-26(33)29(30)23-12-9-21(31(34)35)17-25(23)32(36)37/h2-12,17,24,26-27,33H,13-16,18H2,1H3. The maximum Gasteiger partial charge on any atom is 0.300 e. The van der Waals surface area contributed by atoms with Gasteiger partial charge in [0.05, 0.1) is 42.3 Å². The Balaban J connectivity index is 1.70. The van der Waals surface area contributed by atoms with Crippen molar-refractivity contribution in [2.24, 2.45) is 0 Å². The number of ether oxygens (including phenoxy) is 2. The average molecular weight is 536 g/mol. The predicted octanol–water partition coefficient (Wildman–Crippen LogP) is 4.03. The summed E-state index contributed by atoms with van der Waals surface area (Å²) in [6.45, 7) is 2.22. The molecule has 2 aliphatic heterocycles. The van der Waals surface area contributed by atoms with Crippen molar-refractivity contribution in [1.29, 1.82) is 0 Å². The molecule has 204 valence electrons. The second-order valence-corrected chi connectivity index (χ2v) is 9.35. The fraction of sp³-hybridized carbons (Fsp3) is 0.333. The number of methoxy groups -OCH3 is 1. The Bertz CT molecular complexity index is 1320. The number of benzene rings is 3. The summed E-state index contributed by atoms with van der Waals surface area (Å²) < 4.78 is 11.0. The third-order valence-corrected chi connectivity index (χ3v) is 7.14. The molecule has 0 aliphatic carbocycles. The SMILES string of the molecule is COc1ccc(C(N2CCOCC2)N2C(c3ccccc3)CC(O)N2c2ccc([N+](=O)[O-])cc2[N+](=O)[O-])cc1. The van der Waals surface area contributed by atoms with E-state index < -0.39 is 33.6 Å². The van der Waals surface area contributed by atoms with Crippen LogP contribution in [0.2, 0.25) is 0 Å². The molecule has 3 aromatic carbocycles. The van der Waals surface area contributed by atoms with Gasteiger partial charge in [-0.3, -0.25) is 30.1 Å². The molecule has 1 N–H and O–H groups in total. The van der Waals surface area contributed by atoms with E-state index in [-0.39, 0.29) is 18.2 Å². The van der Waals surface area contributed by atoms with Crippen LogP contribution in [0.1, 0.15) is 29.8 Å². The molecule has 0 aromatic heterocycles.